The van der Waals surface area contributed by atoms with Crippen molar-refractivity contribution in [1.82, 2.24) is 15.2 Å². The summed E-state index contributed by atoms with van der Waals surface area (Å²) in [7, 11) is 4.84. The molecule has 1 N–H and O–H groups in total. The second-order valence-corrected chi connectivity index (χ2v) is 4.81. The Morgan fingerprint density at radius 1 is 0.826 bits per heavy atom. The number of aromatic nitrogens is 3. The molecule has 0 saturated carbocycles. The fourth-order valence-corrected chi connectivity index (χ4v) is 2.27. The molecule has 0 saturated heterocycles. The lowest BCUT2D eigenvalue weighted by Crippen LogP contribution is -1.91. The zero-order valence-electron chi connectivity index (χ0n) is 13.2. The van der Waals surface area contributed by atoms with Crippen molar-refractivity contribution in [3.63, 3.8) is 0 Å². The number of rotatable bonds is 5. The van der Waals surface area contributed by atoms with Gasteiger partial charge in [-0.1, -0.05) is 12.1 Å². The van der Waals surface area contributed by atoms with Gasteiger partial charge in [0, 0.05) is 11.1 Å². The van der Waals surface area contributed by atoms with Crippen LogP contribution in [0, 0.1) is 0 Å². The monoisotopic (exact) mass is 311 g/mol. The molecule has 1 heterocycles. The van der Waals surface area contributed by atoms with Crippen LogP contribution < -0.4 is 14.2 Å². The number of ether oxygens (including phenoxy) is 3. The second kappa shape index (κ2) is 6.39. The van der Waals surface area contributed by atoms with Gasteiger partial charge < -0.3 is 14.2 Å². The SMILES string of the molecule is COc1cccc(-c2n[nH]c(-c3ccc(OC)c(OC)c3)n2)c1. The summed E-state index contributed by atoms with van der Waals surface area (Å²) < 4.78 is 15.8. The summed E-state index contributed by atoms with van der Waals surface area (Å²) in [5.41, 5.74) is 1.75. The fraction of sp³-hybridized carbons (Fsp3) is 0.176. The van der Waals surface area contributed by atoms with Crippen LogP contribution in [0.5, 0.6) is 17.2 Å². The topological polar surface area (TPSA) is 69.3 Å². The first kappa shape index (κ1) is 14.9. The highest BCUT2D eigenvalue weighted by Crippen LogP contribution is 2.31. The van der Waals surface area contributed by atoms with Gasteiger partial charge >= 0.3 is 0 Å². The standard InChI is InChI=1S/C17H17N3O3/c1-21-13-6-4-5-11(9-13)16-18-17(20-19-16)12-7-8-14(22-2)15(10-12)23-3/h4-10H,1-3H3,(H,18,19,20). The van der Waals surface area contributed by atoms with E-state index in [4.69, 9.17) is 14.2 Å². The van der Waals surface area contributed by atoms with Crippen molar-refractivity contribution in [1.29, 1.82) is 0 Å². The highest BCUT2D eigenvalue weighted by Gasteiger charge is 2.11. The maximum Gasteiger partial charge on any atom is 0.181 e. The summed E-state index contributed by atoms with van der Waals surface area (Å²) in [5.74, 6) is 3.34. The number of methoxy groups -OCH3 is 3. The zero-order valence-corrected chi connectivity index (χ0v) is 13.2. The fourth-order valence-electron chi connectivity index (χ4n) is 2.27. The van der Waals surface area contributed by atoms with E-state index in [1.165, 1.54) is 0 Å². The molecule has 1 aromatic heterocycles. The third-order valence-corrected chi connectivity index (χ3v) is 3.47. The van der Waals surface area contributed by atoms with Crippen LogP contribution in [0.1, 0.15) is 0 Å². The third-order valence-electron chi connectivity index (χ3n) is 3.47. The van der Waals surface area contributed by atoms with Crippen molar-refractivity contribution in [2.24, 2.45) is 0 Å². The van der Waals surface area contributed by atoms with Crippen LogP contribution in [0.15, 0.2) is 42.5 Å². The summed E-state index contributed by atoms with van der Waals surface area (Å²) in [6.45, 7) is 0. The van der Waals surface area contributed by atoms with Gasteiger partial charge in [-0.2, -0.15) is 5.10 Å². The Bertz CT molecular complexity index is 814. The molecule has 0 aliphatic carbocycles. The van der Waals surface area contributed by atoms with E-state index in [0.717, 1.165) is 16.9 Å². The first-order valence-electron chi connectivity index (χ1n) is 7.04. The van der Waals surface area contributed by atoms with Crippen LogP contribution in [0.3, 0.4) is 0 Å². The number of aromatic amines is 1. The zero-order chi connectivity index (χ0) is 16.2. The molecule has 0 aliphatic heterocycles. The van der Waals surface area contributed by atoms with E-state index < -0.39 is 0 Å². The number of H-pyrrole nitrogens is 1. The van der Waals surface area contributed by atoms with E-state index in [2.05, 4.69) is 15.2 Å². The van der Waals surface area contributed by atoms with E-state index in [1.54, 1.807) is 21.3 Å². The van der Waals surface area contributed by atoms with Crippen LogP contribution >= 0.6 is 0 Å². The van der Waals surface area contributed by atoms with Gasteiger partial charge in [0.15, 0.2) is 23.1 Å². The maximum atomic E-state index is 5.32. The van der Waals surface area contributed by atoms with Crippen molar-refractivity contribution in [3.8, 4) is 40.0 Å². The number of hydrogen-bond acceptors (Lipinski definition) is 5. The van der Waals surface area contributed by atoms with E-state index in [0.29, 0.717) is 23.1 Å². The van der Waals surface area contributed by atoms with Gasteiger partial charge in [-0.15, -0.1) is 0 Å². The van der Waals surface area contributed by atoms with Crippen molar-refractivity contribution in [2.45, 2.75) is 0 Å². The molecule has 2 aromatic carbocycles. The Morgan fingerprint density at radius 2 is 1.65 bits per heavy atom. The van der Waals surface area contributed by atoms with Crippen molar-refractivity contribution in [3.05, 3.63) is 42.5 Å². The van der Waals surface area contributed by atoms with Gasteiger partial charge in [-0.3, -0.25) is 5.10 Å². The second-order valence-electron chi connectivity index (χ2n) is 4.81. The van der Waals surface area contributed by atoms with Gasteiger partial charge in [0.05, 0.1) is 21.3 Å². The van der Waals surface area contributed by atoms with Crippen molar-refractivity contribution in [2.75, 3.05) is 21.3 Å². The minimum atomic E-state index is 0.605. The Balaban J connectivity index is 1.95. The summed E-state index contributed by atoms with van der Waals surface area (Å²) in [6.07, 6.45) is 0. The average molecular weight is 311 g/mol. The van der Waals surface area contributed by atoms with Crippen LogP contribution in [0.4, 0.5) is 0 Å². The highest BCUT2D eigenvalue weighted by molar-refractivity contribution is 5.64. The van der Waals surface area contributed by atoms with E-state index in [-0.39, 0.29) is 0 Å². The van der Waals surface area contributed by atoms with E-state index in [1.807, 2.05) is 42.5 Å². The lowest BCUT2D eigenvalue weighted by molar-refractivity contribution is 0.355. The van der Waals surface area contributed by atoms with Gasteiger partial charge in [-0.05, 0) is 30.3 Å². The average Bonchev–Trinajstić information content (AvgIpc) is 3.11. The molecular formula is C17H17N3O3. The lowest BCUT2D eigenvalue weighted by Gasteiger charge is -2.07. The van der Waals surface area contributed by atoms with Crippen LogP contribution in [-0.2, 0) is 0 Å². The Hall–Kier alpha value is -3.02. The maximum absolute atomic E-state index is 5.32. The molecule has 0 spiro atoms. The third kappa shape index (κ3) is 2.96. The van der Waals surface area contributed by atoms with E-state index >= 15 is 0 Å². The molecule has 118 valence electrons. The first-order chi connectivity index (χ1) is 11.2. The number of hydrogen-bond donors (Lipinski definition) is 1. The molecular weight excluding hydrogens is 294 g/mol. The summed E-state index contributed by atoms with van der Waals surface area (Å²) in [4.78, 5) is 4.54. The van der Waals surface area contributed by atoms with Gasteiger partial charge in [0.1, 0.15) is 5.75 Å². The molecule has 3 aromatic rings. The Morgan fingerprint density at radius 3 is 2.39 bits per heavy atom. The smallest absolute Gasteiger partial charge is 0.181 e. The van der Waals surface area contributed by atoms with Crippen molar-refractivity contribution < 1.29 is 14.2 Å². The molecule has 0 radical (unpaired) electrons. The molecule has 0 aliphatic rings. The first-order valence-corrected chi connectivity index (χ1v) is 7.04. The molecule has 0 bridgehead atoms. The van der Waals surface area contributed by atoms with Crippen LogP contribution in [0.25, 0.3) is 22.8 Å². The molecule has 6 nitrogen and oxygen atoms in total. The molecule has 3 rings (SSSR count). The Kier molecular flexibility index (Phi) is 4.14. The summed E-state index contributed by atoms with van der Waals surface area (Å²) in [5, 5.41) is 7.22. The molecule has 23 heavy (non-hydrogen) atoms. The van der Waals surface area contributed by atoms with Gasteiger partial charge in [-0.25, -0.2) is 4.98 Å². The Labute approximate surface area is 134 Å². The highest BCUT2D eigenvalue weighted by atomic mass is 16.5. The number of nitrogens with one attached hydrogen (secondary N) is 1. The minimum absolute atomic E-state index is 0.605. The normalized spacial score (nSPS) is 10.4. The minimum Gasteiger partial charge on any atom is -0.497 e. The quantitative estimate of drug-likeness (QED) is 0.784. The molecule has 0 unspecified atom stereocenters. The van der Waals surface area contributed by atoms with Crippen LogP contribution in [0.2, 0.25) is 0 Å². The van der Waals surface area contributed by atoms with Gasteiger partial charge in [0.2, 0.25) is 0 Å². The molecule has 0 atom stereocenters. The molecule has 0 fully saturated rings. The summed E-state index contributed by atoms with van der Waals surface area (Å²) in [6, 6.07) is 13.2. The predicted octanol–water partition coefficient (Wildman–Crippen LogP) is 3.16. The predicted molar refractivity (Wildman–Crippen MR) is 86.9 cm³/mol. The van der Waals surface area contributed by atoms with Crippen molar-refractivity contribution >= 4 is 0 Å². The molecule has 6 heteroatoms. The van der Waals surface area contributed by atoms with E-state index in [9.17, 15) is 0 Å². The van der Waals surface area contributed by atoms with Gasteiger partial charge in [0.25, 0.3) is 0 Å². The number of nitrogens with zero attached hydrogens (tertiary/aromatic N) is 2. The lowest BCUT2D eigenvalue weighted by atomic mass is 10.2. The largest absolute Gasteiger partial charge is 0.497 e. The molecule has 0 amide bonds. The van der Waals surface area contributed by atoms with Crippen LogP contribution in [-0.4, -0.2) is 36.5 Å². The number of benzene rings is 2. The summed E-state index contributed by atoms with van der Waals surface area (Å²) >= 11 is 0.